The maximum absolute atomic E-state index is 10.4. The number of allylic oxidation sites excluding steroid dienone is 2. The number of hydrogen-bond acceptors (Lipinski definition) is 2. The van der Waals surface area contributed by atoms with E-state index in [2.05, 4.69) is 12.2 Å². The fourth-order valence-corrected chi connectivity index (χ4v) is 1.57. The van der Waals surface area contributed by atoms with Crippen LogP contribution in [0.3, 0.4) is 0 Å². The molecule has 0 aromatic carbocycles. The highest BCUT2D eigenvalue weighted by Crippen LogP contribution is 2.21. The topological polar surface area (TPSA) is 63.3 Å². The van der Waals surface area contributed by atoms with Gasteiger partial charge in [0, 0.05) is 6.04 Å². The molecule has 1 aliphatic carbocycles. The van der Waals surface area contributed by atoms with E-state index in [0.717, 1.165) is 19.3 Å². The first kappa shape index (κ1) is 9.26. The third-order valence-corrected chi connectivity index (χ3v) is 2.33. The Labute approximate surface area is 72.3 Å². The molecule has 0 heterocycles. The Morgan fingerprint density at radius 3 is 2.92 bits per heavy atom. The first-order valence-corrected chi connectivity index (χ1v) is 4.32. The minimum Gasteiger partial charge on any atom is -0.481 e. The zero-order valence-electron chi connectivity index (χ0n) is 7.07. The van der Waals surface area contributed by atoms with Gasteiger partial charge in [0.25, 0.3) is 0 Å². The van der Waals surface area contributed by atoms with Crippen molar-refractivity contribution in [1.82, 2.24) is 0 Å². The molecule has 0 radical (unpaired) electrons. The second kappa shape index (κ2) is 4.26. The van der Waals surface area contributed by atoms with E-state index in [4.69, 9.17) is 10.8 Å². The Bertz CT molecular complexity index is 189. The minimum atomic E-state index is -0.794. The van der Waals surface area contributed by atoms with Gasteiger partial charge in [-0.1, -0.05) is 12.2 Å². The molecule has 3 N–H and O–H groups in total. The SMILES string of the molecule is N[C@H](CC(=O)O)[C@H]1CC=CCC1. The molecule has 0 amide bonds. The Hall–Kier alpha value is -0.830. The van der Waals surface area contributed by atoms with Gasteiger partial charge in [-0.2, -0.15) is 0 Å². The highest BCUT2D eigenvalue weighted by molar-refractivity contribution is 5.67. The molecule has 12 heavy (non-hydrogen) atoms. The molecular weight excluding hydrogens is 154 g/mol. The summed E-state index contributed by atoms with van der Waals surface area (Å²) in [5, 5.41) is 8.52. The van der Waals surface area contributed by atoms with Crippen molar-refractivity contribution in [3.8, 4) is 0 Å². The highest BCUT2D eigenvalue weighted by atomic mass is 16.4. The molecule has 0 fully saturated rings. The standard InChI is InChI=1S/C9H15NO2/c10-8(6-9(11)12)7-4-2-1-3-5-7/h1-2,7-8H,3-6,10H2,(H,11,12)/t7-,8+/m0/s1. The van der Waals surface area contributed by atoms with E-state index < -0.39 is 5.97 Å². The zero-order valence-corrected chi connectivity index (χ0v) is 7.07. The number of hydrogen-bond donors (Lipinski definition) is 2. The summed E-state index contributed by atoms with van der Waals surface area (Å²) in [6, 6.07) is -0.174. The lowest BCUT2D eigenvalue weighted by Gasteiger charge is -2.23. The van der Waals surface area contributed by atoms with Crippen LogP contribution in [0.2, 0.25) is 0 Å². The Balaban J connectivity index is 2.35. The molecule has 3 heteroatoms. The molecule has 68 valence electrons. The number of nitrogens with two attached hydrogens (primary N) is 1. The summed E-state index contributed by atoms with van der Waals surface area (Å²) >= 11 is 0. The van der Waals surface area contributed by atoms with Crippen molar-refractivity contribution in [2.24, 2.45) is 11.7 Å². The predicted octanol–water partition coefficient (Wildman–Crippen LogP) is 1.14. The van der Waals surface area contributed by atoms with Crippen LogP contribution in [0.25, 0.3) is 0 Å². The summed E-state index contributed by atoms with van der Waals surface area (Å²) in [6.45, 7) is 0. The average molecular weight is 169 g/mol. The van der Waals surface area contributed by atoms with E-state index in [0.29, 0.717) is 5.92 Å². The van der Waals surface area contributed by atoms with Crippen LogP contribution < -0.4 is 5.73 Å². The Kier molecular flexibility index (Phi) is 3.29. The van der Waals surface area contributed by atoms with Gasteiger partial charge in [-0.05, 0) is 25.2 Å². The number of aliphatic carboxylic acids is 1. The van der Waals surface area contributed by atoms with Gasteiger partial charge in [0.1, 0.15) is 0 Å². The molecule has 0 aromatic rings. The number of carbonyl (C=O) groups is 1. The largest absolute Gasteiger partial charge is 0.481 e. The predicted molar refractivity (Wildman–Crippen MR) is 46.7 cm³/mol. The summed E-state index contributed by atoms with van der Waals surface area (Å²) in [4.78, 5) is 10.4. The van der Waals surface area contributed by atoms with Crippen molar-refractivity contribution in [2.75, 3.05) is 0 Å². The lowest BCUT2D eigenvalue weighted by atomic mass is 9.87. The van der Waals surface area contributed by atoms with Gasteiger partial charge >= 0.3 is 5.97 Å². The zero-order chi connectivity index (χ0) is 8.97. The molecule has 2 atom stereocenters. The number of carboxylic acids is 1. The van der Waals surface area contributed by atoms with E-state index >= 15 is 0 Å². The van der Waals surface area contributed by atoms with Gasteiger partial charge in [-0.3, -0.25) is 4.79 Å². The molecule has 3 nitrogen and oxygen atoms in total. The fourth-order valence-electron chi connectivity index (χ4n) is 1.57. The molecule has 0 unspecified atom stereocenters. The summed E-state index contributed by atoms with van der Waals surface area (Å²) < 4.78 is 0. The van der Waals surface area contributed by atoms with E-state index in [1.165, 1.54) is 0 Å². The van der Waals surface area contributed by atoms with Gasteiger partial charge in [-0.25, -0.2) is 0 Å². The molecule has 0 aliphatic heterocycles. The first-order chi connectivity index (χ1) is 5.70. The van der Waals surface area contributed by atoms with E-state index in [9.17, 15) is 4.79 Å². The summed E-state index contributed by atoms with van der Waals surface area (Å²) in [7, 11) is 0. The second-order valence-electron chi connectivity index (χ2n) is 3.31. The smallest absolute Gasteiger partial charge is 0.304 e. The van der Waals surface area contributed by atoms with E-state index in [1.807, 2.05) is 0 Å². The van der Waals surface area contributed by atoms with Crippen LogP contribution in [-0.4, -0.2) is 17.1 Å². The molecule has 1 aliphatic rings. The van der Waals surface area contributed by atoms with E-state index in [-0.39, 0.29) is 12.5 Å². The summed E-state index contributed by atoms with van der Waals surface area (Å²) in [6.07, 6.45) is 7.33. The molecule has 1 rings (SSSR count). The Morgan fingerprint density at radius 1 is 1.67 bits per heavy atom. The monoisotopic (exact) mass is 169 g/mol. The molecule has 0 spiro atoms. The van der Waals surface area contributed by atoms with Gasteiger partial charge < -0.3 is 10.8 Å². The van der Waals surface area contributed by atoms with Crippen molar-refractivity contribution in [3.05, 3.63) is 12.2 Å². The molecular formula is C9H15NO2. The van der Waals surface area contributed by atoms with Crippen LogP contribution in [0.15, 0.2) is 12.2 Å². The first-order valence-electron chi connectivity index (χ1n) is 4.32. The maximum atomic E-state index is 10.4. The molecule has 0 saturated heterocycles. The molecule has 0 bridgehead atoms. The number of carboxylic acid groups (broad SMARTS) is 1. The van der Waals surface area contributed by atoms with Gasteiger partial charge in [0.05, 0.1) is 6.42 Å². The van der Waals surface area contributed by atoms with Crippen molar-refractivity contribution in [3.63, 3.8) is 0 Å². The number of rotatable bonds is 3. The van der Waals surface area contributed by atoms with Crippen LogP contribution >= 0.6 is 0 Å². The average Bonchev–Trinajstić information content (AvgIpc) is 2.05. The highest BCUT2D eigenvalue weighted by Gasteiger charge is 2.20. The molecule has 0 aromatic heterocycles. The van der Waals surface area contributed by atoms with Crippen molar-refractivity contribution in [2.45, 2.75) is 31.7 Å². The second-order valence-corrected chi connectivity index (χ2v) is 3.31. The Morgan fingerprint density at radius 2 is 2.42 bits per heavy atom. The lowest BCUT2D eigenvalue weighted by molar-refractivity contribution is -0.137. The fraction of sp³-hybridized carbons (Fsp3) is 0.667. The normalized spacial score (nSPS) is 25.2. The third-order valence-electron chi connectivity index (χ3n) is 2.33. The van der Waals surface area contributed by atoms with Crippen molar-refractivity contribution >= 4 is 5.97 Å². The van der Waals surface area contributed by atoms with Gasteiger partial charge in [0.2, 0.25) is 0 Å². The summed E-state index contributed by atoms with van der Waals surface area (Å²) in [5.74, 6) is -0.428. The minimum absolute atomic E-state index is 0.0957. The van der Waals surface area contributed by atoms with E-state index in [1.54, 1.807) is 0 Å². The van der Waals surface area contributed by atoms with Crippen LogP contribution in [0.1, 0.15) is 25.7 Å². The third kappa shape index (κ3) is 2.66. The lowest BCUT2D eigenvalue weighted by Crippen LogP contribution is -2.32. The van der Waals surface area contributed by atoms with Crippen LogP contribution in [0.5, 0.6) is 0 Å². The van der Waals surface area contributed by atoms with Gasteiger partial charge in [0.15, 0.2) is 0 Å². The maximum Gasteiger partial charge on any atom is 0.304 e. The molecule has 0 saturated carbocycles. The van der Waals surface area contributed by atoms with Crippen molar-refractivity contribution in [1.29, 1.82) is 0 Å². The summed E-state index contributed by atoms with van der Waals surface area (Å²) in [5.41, 5.74) is 5.73. The van der Waals surface area contributed by atoms with Gasteiger partial charge in [-0.15, -0.1) is 0 Å². The van der Waals surface area contributed by atoms with Crippen molar-refractivity contribution < 1.29 is 9.90 Å². The quantitative estimate of drug-likeness (QED) is 0.623. The van der Waals surface area contributed by atoms with Crippen LogP contribution in [0.4, 0.5) is 0 Å². The van der Waals surface area contributed by atoms with Crippen LogP contribution in [-0.2, 0) is 4.79 Å². The van der Waals surface area contributed by atoms with Crippen LogP contribution in [0, 0.1) is 5.92 Å².